The highest BCUT2D eigenvalue weighted by atomic mass is 16.5. The zero-order valence-electron chi connectivity index (χ0n) is 8.48. The topological polar surface area (TPSA) is 59.0 Å². The monoisotopic (exact) mass is 188 g/mol. The summed E-state index contributed by atoms with van der Waals surface area (Å²) in [6.07, 6.45) is -0.733. The van der Waals surface area contributed by atoms with Gasteiger partial charge in [-0.3, -0.25) is 4.79 Å². The zero-order chi connectivity index (χ0) is 10.4. The summed E-state index contributed by atoms with van der Waals surface area (Å²) in [5.74, 6) is -0.179. The summed E-state index contributed by atoms with van der Waals surface area (Å²) in [5.41, 5.74) is 0. The molecule has 0 aliphatic heterocycles. The number of rotatable bonds is 5. The average molecular weight is 188 g/mol. The van der Waals surface area contributed by atoms with Crippen molar-refractivity contribution in [3.8, 4) is 0 Å². The summed E-state index contributed by atoms with van der Waals surface area (Å²) in [6, 6.07) is 0. The fraction of sp³-hybridized carbons (Fsp3) is 0.875. The Morgan fingerprint density at radius 3 is 2.31 bits per heavy atom. The standard InChI is InChI=1S/C8H16N2O3/c1-6(2)8(9-12)13-5-7(11)10(3)4/h6,8H,5H2,1-4H3. The number of likely N-dealkylation sites (N-methyl/N-ethyl adjacent to an activating group) is 1. The summed E-state index contributed by atoms with van der Waals surface area (Å²) < 4.78 is 5.01. The Kier molecular flexibility index (Phi) is 5.22. The fourth-order valence-corrected chi connectivity index (χ4v) is 0.630. The quantitative estimate of drug-likeness (QED) is 0.601. The molecule has 0 radical (unpaired) electrons. The maximum Gasteiger partial charge on any atom is 0.248 e. The van der Waals surface area contributed by atoms with E-state index in [0.717, 1.165) is 0 Å². The van der Waals surface area contributed by atoms with Crippen molar-refractivity contribution >= 4 is 5.91 Å². The third kappa shape index (κ3) is 4.57. The second-order valence-electron chi connectivity index (χ2n) is 3.34. The molecule has 0 saturated heterocycles. The van der Waals surface area contributed by atoms with Gasteiger partial charge in [0.15, 0.2) is 6.23 Å². The Labute approximate surface area is 78.0 Å². The van der Waals surface area contributed by atoms with E-state index in [1.165, 1.54) is 4.90 Å². The van der Waals surface area contributed by atoms with E-state index in [1.807, 2.05) is 13.8 Å². The number of nitroso groups, excluding NO2 is 1. The van der Waals surface area contributed by atoms with Crippen LogP contribution in [0, 0.1) is 10.8 Å². The molecule has 0 aromatic heterocycles. The van der Waals surface area contributed by atoms with Gasteiger partial charge in [-0.1, -0.05) is 13.8 Å². The van der Waals surface area contributed by atoms with Gasteiger partial charge in [-0.05, 0) is 5.18 Å². The maximum atomic E-state index is 11.0. The fourth-order valence-electron chi connectivity index (χ4n) is 0.630. The molecule has 76 valence electrons. The SMILES string of the molecule is CC(C)C(N=O)OCC(=O)N(C)C. The minimum Gasteiger partial charge on any atom is -0.347 e. The molecular weight excluding hydrogens is 172 g/mol. The first-order chi connectivity index (χ1) is 5.99. The Morgan fingerprint density at radius 2 is 2.00 bits per heavy atom. The van der Waals surface area contributed by atoms with Gasteiger partial charge in [0.25, 0.3) is 0 Å². The molecule has 13 heavy (non-hydrogen) atoms. The van der Waals surface area contributed by atoms with Gasteiger partial charge in [-0.15, -0.1) is 4.91 Å². The number of amides is 1. The van der Waals surface area contributed by atoms with Gasteiger partial charge in [0, 0.05) is 20.0 Å². The van der Waals surface area contributed by atoms with E-state index in [4.69, 9.17) is 4.74 Å². The number of nitrogens with zero attached hydrogens (tertiary/aromatic N) is 2. The Hall–Kier alpha value is -0.970. The van der Waals surface area contributed by atoms with Crippen LogP contribution in [0.4, 0.5) is 0 Å². The molecule has 0 rings (SSSR count). The summed E-state index contributed by atoms with van der Waals surface area (Å²) >= 11 is 0. The van der Waals surface area contributed by atoms with Gasteiger partial charge in [-0.25, -0.2) is 0 Å². The number of hydrogen-bond donors (Lipinski definition) is 0. The van der Waals surface area contributed by atoms with Crippen molar-refractivity contribution in [2.24, 2.45) is 11.1 Å². The molecule has 1 unspecified atom stereocenters. The number of carbonyl (C=O) groups excluding carboxylic acids is 1. The molecular formula is C8H16N2O3. The van der Waals surface area contributed by atoms with Crippen molar-refractivity contribution in [2.45, 2.75) is 20.1 Å². The Morgan fingerprint density at radius 1 is 1.46 bits per heavy atom. The van der Waals surface area contributed by atoms with Gasteiger partial charge in [0.2, 0.25) is 5.91 Å². The van der Waals surface area contributed by atoms with Crippen molar-refractivity contribution in [1.29, 1.82) is 0 Å². The van der Waals surface area contributed by atoms with Crippen LogP contribution in [0.3, 0.4) is 0 Å². The lowest BCUT2D eigenvalue weighted by atomic mass is 10.2. The second-order valence-corrected chi connectivity index (χ2v) is 3.34. The van der Waals surface area contributed by atoms with Crippen molar-refractivity contribution in [3.05, 3.63) is 4.91 Å². The normalized spacial score (nSPS) is 12.7. The molecule has 0 aliphatic carbocycles. The van der Waals surface area contributed by atoms with Crippen LogP contribution in [0.15, 0.2) is 5.18 Å². The number of hydrogen-bond acceptors (Lipinski definition) is 4. The first-order valence-electron chi connectivity index (χ1n) is 4.13. The lowest BCUT2D eigenvalue weighted by Crippen LogP contribution is -2.29. The van der Waals surface area contributed by atoms with Crippen LogP contribution in [0.5, 0.6) is 0 Å². The van der Waals surface area contributed by atoms with Crippen LogP contribution in [-0.2, 0) is 9.53 Å². The highest BCUT2D eigenvalue weighted by Gasteiger charge is 2.16. The summed E-state index contributed by atoms with van der Waals surface area (Å²) in [5, 5.41) is 2.78. The van der Waals surface area contributed by atoms with Crippen LogP contribution < -0.4 is 0 Å². The van der Waals surface area contributed by atoms with E-state index in [9.17, 15) is 9.70 Å². The van der Waals surface area contributed by atoms with Crippen LogP contribution in [-0.4, -0.2) is 37.7 Å². The average Bonchev–Trinajstić information content (AvgIpc) is 2.04. The van der Waals surface area contributed by atoms with Gasteiger partial charge < -0.3 is 9.64 Å². The van der Waals surface area contributed by atoms with E-state index >= 15 is 0 Å². The third-order valence-electron chi connectivity index (χ3n) is 1.55. The summed E-state index contributed by atoms with van der Waals surface area (Å²) in [7, 11) is 3.26. The highest BCUT2D eigenvalue weighted by molar-refractivity contribution is 5.76. The zero-order valence-corrected chi connectivity index (χ0v) is 8.48. The Bertz CT molecular complexity index is 180. The predicted molar refractivity (Wildman–Crippen MR) is 49.1 cm³/mol. The molecule has 1 amide bonds. The first kappa shape index (κ1) is 12.0. The largest absolute Gasteiger partial charge is 0.347 e. The van der Waals surface area contributed by atoms with Crippen LogP contribution in [0.1, 0.15) is 13.8 Å². The van der Waals surface area contributed by atoms with Crippen molar-refractivity contribution < 1.29 is 9.53 Å². The van der Waals surface area contributed by atoms with Crippen LogP contribution in [0.25, 0.3) is 0 Å². The van der Waals surface area contributed by atoms with Crippen molar-refractivity contribution in [2.75, 3.05) is 20.7 Å². The minimum absolute atomic E-state index is 0.00698. The smallest absolute Gasteiger partial charge is 0.248 e. The van der Waals surface area contributed by atoms with Gasteiger partial charge in [0.05, 0.1) is 0 Å². The molecule has 0 heterocycles. The molecule has 1 atom stereocenters. The molecule has 0 aliphatic rings. The van der Waals surface area contributed by atoms with Gasteiger partial charge in [-0.2, -0.15) is 0 Å². The molecule has 0 aromatic rings. The van der Waals surface area contributed by atoms with Crippen molar-refractivity contribution in [1.82, 2.24) is 4.90 Å². The van der Waals surface area contributed by atoms with Crippen LogP contribution >= 0.6 is 0 Å². The van der Waals surface area contributed by atoms with E-state index in [2.05, 4.69) is 5.18 Å². The summed E-state index contributed by atoms with van der Waals surface area (Å²) in [4.78, 5) is 22.7. The number of ether oxygens (including phenoxy) is 1. The van der Waals surface area contributed by atoms with Crippen molar-refractivity contribution in [3.63, 3.8) is 0 Å². The molecule has 0 fully saturated rings. The molecule has 0 spiro atoms. The van der Waals surface area contributed by atoms with Gasteiger partial charge >= 0.3 is 0 Å². The molecule has 5 heteroatoms. The van der Waals surface area contributed by atoms with Gasteiger partial charge in [0.1, 0.15) is 6.61 Å². The molecule has 5 nitrogen and oxygen atoms in total. The first-order valence-corrected chi connectivity index (χ1v) is 4.13. The number of carbonyl (C=O) groups is 1. The molecule has 0 bridgehead atoms. The summed E-state index contributed by atoms with van der Waals surface area (Å²) in [6.45, 7) is 3.53. The highest BCUT2D eigenvalue weighted by Crippen LogP contribution is 2.07. The lowest BCUT2D eigenvalue weighted by Gasteiger charge is -2.15. The maximum absolute atomic E-state index is 11.0. The predicted octanol–water partition coefficient (Wildman–Crippen LogP) is 0.840. The van der Waals surface area contributed by atoms with E-state index in [1.54, 1.807) is 14.1 Å². The second kappa shape index (κ2) is 5.64. The lowest BCUT2D eigenvalue weighted by molar-refractivity contribution is -0.136. The van der Waals surface area contributed by atoms with E-state index in [0.29, 0.717) is 0 Å². The third-order valence-corrected chi connectivity index (χ3v) is 1.55. The minimum atomic E-state index is -0.733. The van der Waals surface area contributed by atoms with Crippen LogP contribution in [0.2, 0.25) is 0 Å². The Balaban J connectivity index is 3.85. The molecule has 0 aromatic carbocycles. The van der Waals surface area contributed by atoms with E-state index in [-0.39, 0.29) is 18.4 Å². The van der Waals surface area contributed by atoms with E-state index < -0.39 is 6.23 Å². The molecule has 0 N–H and O–H groups in total. The molecule has 0 saturated carbocycles.